The first kappa shape index (κ1) is 21.0. The van der Waals surface area contributed by atoms with Crippen LogP contribution < -0.4 is 5.32 Å². The van der Waals surface area contributed by atoms with Crippen LogP contribution in [-0.2, 0) is 24.5 Å². The van der Waals surface area contributed by atoms with E-state index in [0.717, 1.165) is 0 Å². The number of fused-ring (bicyclic) bond motifs is 1. The highest BCUT2D eigenvalue weighted by molar-refractivity contribution is 6.32. The third-order valence-electron chi connectivity index (χ3n) is 4.54. The molecule has 1 aliphatic rings. The van der Waals surface area contributed by atoms with E-state index in [-0.39, 0.29) is 5.57 Å². The topological polar surface area (TPSA) is 92.7 Å². The van der Waals surface area contributed by atoms with E-state index >= 15 is 0 Å². The predicted molar refractivity (Wildman–Crippen MR) is 103 cm³/mol. The van der Waals surface area contributed by atoms with Gasteiger partial charge in [0.15, 0.2) is 5.78 Å². The molecule has 0 saturated heterocycles. The fourth-order valence-electron chi connectivity index (χ4n) is 3.01. The van der Waals surface area contributed by atoms with Crippen LogP contribution in [0.4, 0.5) is 0 Å². The van der Waals surface area contributed by atoms with E-state index in [0.29, 0.717) is 22.6 Å². The molecule has 6 nitrogen and oxygen atoms in total. The van der Waals surface area contributed by atoms with Crippen molar-refractivity contribution in [2.75, 3.05) is 6.54 Å². The summed E-state index contributed by atoms with van der Waals surface area (Å²) >= 11 is 6.03. The second kappa shape index (κ2) is 7.35. The molecule has 1 amide bonds. The quantitative estimate of drug-likeness (QED) is 0.604. The third kappa shape index (κ3) is 4.16. The van der Waals surface area contributed by atoms with Gasteiger partial charge < -0.3 is 15.2 Å². The van der Waals surface area contributed by atoms with Crippen molar-refractivity contribution in [1.29, 1.82) is 0 Å². The fraction of sp³-hybridized carbons (Fsp3) is 0.450. The van der Waals surface area contributed by atoms with Crippen LogP contribution in [0, 0.1) is 0 Å². The molecule has 0 radical (unpaired) electrons. The molecular formula is C20H24ClNO5. The summed E-state index contributed by atoms with van der Waals surface area (Å²) in [7, 11) is 0. The molecule has 1 unspecified atom stereocenters. The Hall–Kier alpha value is -2.34. The first-order valence-corrected chi connectivity index (χ1v) is 9.07. The number of nitrogens with one attached hydrogen (secondary N) is 1. The zero-order chi connectivity index (χ0) is 20.6. The Morgan fingerprint density at radius 3 is 2.48 bits per heavy atom. The zero-order valence-electron chi connectivity index (χ0n) is 16.1. The minimum Gasteiger partial charge on any atom is -0.506 e. The number of carbonyl (C=O) groups is 3. The summed E-state index contributed by atoms with van der Waals surface area (Å²) in [5.41, 5.74) is -1.10. The standard InChI is InChI=1S/C20H24ClNO5/c1-6-20(5)13-8-7-11(21)9-12(13)16(24)15(17(20)25)18(26)22-10-14(23)27-19(2,3)4/h7-9,24H,6,10H2,1-5H3,(H,22,26). The van der Waals surface area contributed by atoms with Gasteiger partial charge in [-0.1, -0.05) is 24.6 Å². The second-order valence-electron chi connectivity index (χ2n) is 7.70. The molecule has 0 bridgehead atoms. The average Bonchev–Trinajstić information content (AvgIpc) is 2.56. The van der Waals surface area contributed by atoms with Crippen molar-refractivity contribution in [3.8, 4) is 0 Å². The lowest BCUT2D eigenvalue weighted by atomic mass is 9.68. The van der Waals surface area contributed by atoms with Gasteiger partial charge in [-0.25, -0.2) is 0 Å². The van der Waals surface area contributed by atoms with Gasteiger partial charge in [0.1, 0.15) is 23.5 Å². The molecule has 1 aromatic rings. The number of hydrogen-bond donors (Lipinski definition) is 2. The van der Waals surface area contributed by atoms with Crippen LogP contribution in [0.1, 0.15) is 52.2 Å². The summed E-state index contributed by atoms with van der Waals surface area (Å²) in [6, 6.07) is 4.85. The summed E-state index contributed by atoms with van der Waals surface area (Å²) in [6.07, 6.45) is 0.427. The monoisotopic (exact) mass is 393 g/mol. The number of ketones is 1. The Balaban J connectivity index is 2.37. The largest absolute Gasteiger partial charge is 0.506 e. The second-order valence-corrected chi connectivity index (χ2v) is 8.13. The first-order chi connectivity index (χ1) is 12.4. The molecule has 0 aliphatic heterocycles. The molecular weight excluding hydrogens is 370 g/mol. The summed E-state index contributed by atoms with van der Waals surface area (Å²) in [5.74, 6) is -2.40. The van der Waals surface area contributed by atoms with Crippen LogP contribution in [0.25, 0.3) is 5.76 Å². The highest BCUT2D eigenvalue weighted by atomic mass is 35.5. The molecule has 1 atom stereocenters. The van der Waals surface area contributed by atoms with Crippen molar-refractivity contribution < 1.29 is 24.2 Å². The van der Waals surface area contributed by atoms with Crippen LogP contribution in [0.15, 0.2) is 23.8 Å². The third-order valence-corrected chi connectivity index (χ3v) is 4.78. The Kier molecular flexibility index (Phi) is 5.71. The van der Waals surface area contributed by atoms with Gasteiger partial charge in [0, 0.05) is 10.6 Å². The van der Waals surface area contributed by atoms with Crippen LogP contribution in [0.3, 0.4) is 0 Å². The lowest BCUT2D eigenvalue weighted by Gasteiger charge is -2.34. The van der Waals surface area contributed by atoms with E-state index in [4.69, 9.17) is 16.3 Å². The van der Waals surface area contributed by atoms with Gasteiger partial charge in [0.25, 0.3) is 5.91 Å². The molecule has 146 valence electrons. The van der Waals surface area contributed by atoms with Crippen LogP contribution >= 0.6 is 11.6 Å². The van der Waals surface area contributed by atoms with Gasteiger partial charge in [0.2, 0.25) is 0 Å². The minimum atomic E-state index is -0.981. The maximum atomic E-state index is 13.0. The van der Waals surface area contributed by atoms with E-state index in [2.05, 4.69) is 5.32 Å². The van der Waals surface area contributed by atoms with Gasteiger partial charge in [0.05, 0.1) is 5.41 Å². The van der Waals surface area contributed by atoms with E-state index in [9.17, 15) is 19.5 Å². The van der Waals surface area contributed by atoms with Crippen molar-refractivity contribution in [3.63, 3.8) is 0 Å². The summed E-state index contributed by atoms with van der Waals surface area (Å²) < 4.78 is 5.13. The lowest BCUT2D eigenvalue weighted by Crippen LogP contribution is -2.44. The van der Waals surface area contributed by atoms with Crippen molar-refractivity contribution in [2.24, 2.45) is 0 Å². The predicted octanol–water partition coefficient (Wildman–Crippen LogP) is 3.32. The van der Waals surface area contributed by atoms with E-state index in [1.807, 2.05) is 6.92 Å². The SMILES string of the molecule is CCC1(C)C(=O)C(C(=O)NCC(=O)OC(C)(C)C)=C(O)c2cc(Cl)ccc21. The molecule has 1 aliphatic carbocycles. The maximum absolute atomic E-state index is 13.0. The van der Waals surface area contributed by atoms with E-state index in [1.165, 1.54) is 6.07 Å². The number of ether oxygens (including phenoxy) is 1. The summed E-state index contributed by atoms with van der Waals surface area (Å²) in [6.45, 7) is 8.26. The van der Waals surface area contributed by atoms with Crippen molar-refractivity contribution >= 4 is 35.0 Å². The number of rotatable bonds is 4. The Bertz CT molecular complexity index is 837. The number of hydrogen-bond acceptors (Lipinski definition) is 5. The molecule has 1 aromatic carbocycles. The molecule has 0 aromatic heterocycles. The van der Waals surface area contributed by atoms with Crippen LogP contribution in [0.2, 0.25) is 5.02 Å². The molecule has 0 heterocycles. The average molecular weight is 394 g/mol. The number of carbonyl (C=O) groups excluding carboxylic acids is 3. The van der Waals surface area contributed by atoms with Gasteiger partial charge in [-0.05, 0) is 51.8 Å². The number of benzene rings is 1. The normalized spacial score (nSPS) is 19.6. The van der Waals surface area contributed by atoms with Crippen molar-refractivity contribution in [2.45, 2.75) is 52.1 Å². The fourth-order valence-corrected chi connectivity index (χ4v) is 3.19. The Morgan fingerprint density at radius 1 is 1.30 bits per heavy atom. The molecule has 0 fully saturated rings. The van der Waals surface area contributed by atoms with Crippen LogP contribution in [-0.4, -0.2) is 34.9 Å². The Labute approximate surface area is 163 Å². The summed E-state index contributed by atoms with van der Waals surface area (Å²) in [4.78, 5) is 37.4. The van der Waals surface area contributed by atoms with E-state index in [1.54, 1.807) is 39.8 Å². The smallest absolute Gasteiger partial charge is 0.325 e. The van der Waals surface area contributed by atoms with Gasteiger partial charge in [-0.2, -0.15) is 0 Å². The Morgan fingerprint density at radius 2 is 1.93 bits per heavy atom. The number of aliphatic hydroxyl groups excluding tert-OH is 1. The van der Waals surface area contributed by atoms with Gasteiger partial charge in [-0.15, -0.1) is 0 Å². The van der Waals surface area contributed by atoms with Crippen molar-refractivity contribution in [1.82, 2.24) is 5.32 Å². The maximum Gasteiger partial charge on any atom is 0.325 e. The number of aliphatic hydroxyl groups is 1. The summed E-state index contributed by atoms with van der Waals surface area (Å²) in [5, 5.41) is 13.3. The molecule has 0 spiro atoms. The molecule has 7 heteroatoms. The van der Waals surface area contributed by atoms with E-state index < -0.39 is 41.0 Å². The number of halogens is 1. The lowest BCUT2D eigenvalue weighted by molar-refractivity contribution is -0.154. The zero-order valence-corrected chi connectivity index (χ0v) is 16.9. The van der Waals surface area contributed by atoms with Crippen molar-refractivity contribution in [3.05, 3.63) is 39.9 Å². The molecule has 0 saturated carbocycles. The number of Topliss-reactive ketones (excluding diaryl/α,β-unsaturated/α-hetero) is 1. The molecule has 27 heavy (non-hydrogen) atoms. The van der Waals surface area contributed by atoms with Gasteiger partial charge >= 0.3 is 5.97 Å². The van der Waals surface area contributed by atoms with Gasteiger partial charge in [-0.3, -0.25) is 14.4 Å². The highest BCUT2D eigenvalue weighted by Crippen LogP contribution is 2.42. The molecule has 2 rings (SSSR count). The number of amides is 1. The number of esters is 1. The molecule has 2 N–H and O–H groups in total. The first-order valence-electron chi connectivity index (χ1n) is 8.69. The highest BCUT2D eigenvalue weighted by Gasteiger charge is 2.45. The van der Waals surface area contributed by atoms with Crippen LogP contribution in [0.5, 0.6) is 0 Å². The minimum absolute atomic E-state index is 0.342.